The van der Waals surface area contributed by atoms with Gasteiger partial charge in [-0.05, 0) is 56.2 Å². The maximum Gasteiger partial charge on any atom is 0.242 e. The van der Waals surface area contributed by atoms with E-state index in [1.54, 1.807) is 18.9 Å². The van der Waals surface area contributed by atoms with Crippen molar-refractivity contribution in [1.82, 2.24) is 10.2 Å². The molecule has 0 heterocycles. The van der Waals surface area contributed by atoms with Gasteiger partial charge in [0, 0.05) is 17.1 Å². The summed E-state index contributed by atoms with van der Waals surface area (Å²) >= 11 is 3.42. The Bertz CT molecular complexity index is 788. The molecule has 28 heavy (non-hydrogen) atoms. The van der Waals surface area contributed by atoms with Gasteiger partial charge in [-0.1, -0.05) is 40.2 Å². The third-order valence-electron chi connectivity index (χ3n) is 4.38. The number of carbonyl (C=O) groups is 2. The van der Waals surface area contributed by atoms with Crippen LogP contribution in [0.2, 0.25) is 0 Å². The third kappa shape index (κ3) is 6.37. The summed E-state index contributed by atoms with van der Waals surface area (Å²) < 4.78 is 6.14. The van der Waals surface area contributed by atoms with Gasteiger partial charge in [-0.25, -0.2) is 0 Å². The Hall–Kier alpha value is -2.34. The molecular weight excluding hydrogens is 420 g/mol. The standard InChI is InChI=1S/C22H27BrN2O3/c1-15(2)24-22(27)16(3)25(14-18-5-9-19(23)10-6-18)21(26)13-17-7-11-20(28-4)12-8-17/h5-12,15-16H,13-14H2,1-4H3,(H,24,27)/t16-/m1/s1. The van der Waals surface area contributed by atoms with Gasteiger partial charge in [-0.3, -0.25) is 9.59 Å². The molecule has 0 radical (unpaired) electrons. The fraction of sp³-hybridized carbons (Fsp3) is 0.364. The molecule has 0 aromatic heterocycles. The van der Waals surface area contributed by atoms with Gasteiger partial charge in [0.2, 0.25) is 11.8 Å². The molecule has 1 atom stereocenters. The van der Waals surface area contributed by atoms with E-state index in [0.717, 1.165) is 21.3 Å². The second kappa shape index (κ2) is 10.3. The number of rotatable bonds is 8. The zero-order chi connectivity index (χ0) is 20.7. The molecule has 0 saturated heterocycles. The number of methoxy groups -OCH3 is 1. The molecule has 0 aliphatic carbocycles. The average Bonchev–Trinajstić information content (AvgIpc) is 2.67. The predicted octanol–water partition coefficient (Wildman–Crippen LogP) is 3.94. The van der Waals surface area contributed by atoms with Crippen molar-refractivity contribution < 1.29 is 14.3 Å². The van der Waals surface area contributed by atoms with Crippen molar-refractivity contribution in [1.29, 1.82) is 0 Å². The molecule has 2 aromatic rings. The van der Waals surface area contributed by atoms with Gasteiger partial charge in [0.1, 0.15) is 11.8 Å². The Kier molecular flexibility index (Phi) is 8.05. The largest absolute Gasteiger partial charge is 0.497 e. The van der Waals surface area contributed by atoms with E-state index in [-0.39, 0.29) is 24.3 Å². The number of hydrogen-bond acceptors (Lipinski definition) is 3. The van der Waals surface area contributed by atoms with E-state index in [0.29, 0.717) is 6.54 Å². The Morgan fingerprint density at radius 1 is 1.00 bits per heavy atom. The lowest BCUT2D eigenvalue weighted by Gasteiger charge is -2.29. The van der Waals surface area contributed by atoms with Gasteiger partial charge < -0.3 is 15.0 Å². The van der Waals surface area contributed by atoms with Gasteiger partial charge in [0.05, 0.1) is 13.5 Å². The van der Waals surface area contributed by atoms with E-state index in [1.807, 2.05) is 62.4 Å². The number of hydrogen-bond donors (Lipinski definition) is 1. The van der Waals surface area contributed by atoms with Crippen molar-refractivity contribution in [2.45, 2.75) is 45.8 Å². The summed E-state index contributed by atoms with van der Waals surface area (Å²) in [6.45, 7) is 5.95. The SMILES string of the molecule is COc1ccc(CC(=O)N(Cc2ccc(Br)cc2)[C@H](C)C(=O)NC(C)C)cc1. The number of nitrogens with one attached hydrogen (secondary N) is 1. The third-order valence-corrected chi connectivity index (χ3v) is 4.91. The zero-order valence-corrected chi connectivity index (χ0v) is 18.3. The van der Waals surface area contributed by atoms with Crippen LogP contribution in [0.3, 0.4) is 0 Å². The van der Waals surface area contributed by atoms with Crippen LogP contribution in [0.5, 0.6) is 5.75 Å². The highest BCUT2D eigenvalue weighted by molar-refractivity contribution is 9.10. The second-order valence-corrected chi connectivity index (χ2v) is 7.93. The molecule has 2 rings (SSSR count). The van der Waals surface area contributed by atoms with Crippen molar-refractivity contribution in [3.8, 4) is 5.75 Å². The number of carbonyl (C=O) groups excluding carboxylic acids is 2. The van der Waals surface area contributed by atoms with Crippen molar-refractivity contribution >= 4 is 27.7 Å². The molecule has 0 saturated carbocycles. The number of benzene rings is 2. The van der Waals surface area contributed by atoms with Crippen LogP contribution in [-0.2, 0) is 22.6 Å². The molecule has 1 N–H and O–H groups in total. The van der Waals surface area contributed by atoms with Crippen LogP contribution in [0.1, 0.15) is 31.9 Å². The summed E-state index contributed by atoms with van der Waals surface area (Å²) in [6, 6.07) is 14.6. The Balaban J connectivity index is 2.20. The molecule has 2 amide bonds. The van der Waals surface area contributed by atoms with Crippen molar-refractivity contribution in [3.63, 3.8) is 0 Å². The lowest BCUT2D eigenvalue weighted by atomic mass is 10.1. The first kappa shape index (κ1) is 22.0. The molecule has 0 unspecified atom stereocenters. The van der Waals surface area contributed by atoms with Crippen LogP contribution >= 0.6 is 15.9 Å². The Morgan fingerprint density at radius 2 is 1.57 bits per heavy atom. The lowest BCUT2D eigenvalue weighted by Crippen LogP contribution is -2.49. The fourth-order valence-electron chi connectivity index (χ4n) is 2.79. The Labute approximate surface area is 175 Å². The molecule has 0 aliphatic rings. The molecule has 150 valence electrons. The maximum atomic E-state index is 13.1. The van der Waals surface area contributed by atoms with Crippen LogP contribution in [0.4, 0.5) is 0 Å². The smallest absolute Gasteiger partial charge is 0.242 e. The van der Waals surface area contributed by atoms with E-state index in [2.05, 4.69) is 21.2 Å². The normalized spacial score (nSPS) is 11.8. The summed E-state index contributed by atoms with van der Waals surface area (Å²) in [6.07, 6.45) is 0.222. The molecule has 0 spiro atoms. The first-order valence-electron chi connectivity index (χ1n) is 9.27. The van der Waals surface area contributed by atoms with Crippen LogP contribution in [0.25, 0.3) is 0 Å². The number of amides is 2. The van der Waals surface area contributed by atoms with E-state index < -0.39 is 6.04 Å². The molecule has 0 fully saturated rings. The summed E-state index contributed by atoms with van der Waals surface area (Å²) in [5.74, 6) is 0.488. The molecular formula is C22H27BrN2O3. The van der Waals surface area contributed by atoms with Crippen LogP contribution in [0, 0.1) is 0 Å². The molecule has 0 bridgehead atoms. The summed E-state index contributed by atoms with van der Waals surface area (Å²) in [5, 5.41) is 2.89. The van der Waals surface area contributed by atoms with Gasteiger partial charge in [-0.2, -0.15) is 0 Å². The highest BCUT2D eigenvalue weighted by Crippen LogP contribution is 2.17. The molecule has 0 aliphatic heterocycles. The van der Waals surface area contributed by atoms with E-state index in [4.69, 9.17) is 4.74 Å². The van der Waals surface area contributed by atoms with E-state index >= 15 is 0 Å². The monoisotopic (exact) mass is 446 g/mol. The average molecular weight is 447 g/mol. The van der Waals surface area contributed by atoms with Gasteiger partial charge in [0.25, 0.3) is 0 Å². The maximum absolute atomic E-state index is 13.1. The first-order valence-corrected chi connectivity index (χ1v) is 10.1. The minimum absolute atomic E-state index is 0.0150. The predicted molar refractivity (Wildman–Crippen MR) is 114 cm³/mol. The van der Waals surface area contributed by atoms with E-state index in [1.165, 1.54) is 0 Å². The van der Waals surface area contributed by atoms with Gasteiger partial charge in [-0.15, -0.1) is 0 Å². The molecule has 2 aromatic carbocycles. The van der Waals surface area contributed by atoms with Crippen LogP contribution < -0.4 is 10.1 Å². The topological polar surface area (TPSA) is 58.6 Å². The Morgan fingerprint density at radius 3 is 2.11 bits per heavy atom. The number of ether oxygens (including phenoxy) is 1. The number of halogens is 1. The highest BCUT2D eigenvalue weighted by Gasteiger charge is 2.26. The van der Waals surface area contributed by atoms with Crippen LogP contribution in [-0.4, -0.2) is 35.9 Å². The zero-order valence-electron chi connectivity index (χ0n) is 16.7. The molecule has 5 nitrogen and oxygen atoms in total. The molecule has 6 heteroatoms. The summed E-state index contributed by atoms with van der Waals surface area (Å²) in [4.78, 5) is 27.3. The fourth-order valence-corrected chi connectivity index (χ4v) is 3.06. The van der Waals surface area contributed by atoms with Gasteiger partial charge >= 0.3 is 0 Å². The van der Waals surface area contributed by atoms with Crippen molar-refractivity contribution in [2.75, 3.05) is 7.11 Å². The van der Waals surface area contributed by atoms with Gasteiger partial charge in [0.15, 0.2) is 0 Å². The lowest BCUT2D eigenvalue weighted by molar-refractivity contribution is -0.140. The first-order chi connectivity index (χ1) is 13.3. The summed E-state index contributed by atoms with van der Waals surface area (Å²) in [5.41, 5.74) is 1.85. The highest BCUT2D eigenvalue weighted by atomic mass is 79.9. The minimum Gasteiger partial charge on any atom is -0.497 e. The van der Waals surface area contributed by atoms with Crippen LogP contribution in [0.15, 0.2) is 53.0 Å². The second-order valence-electron chi connectivity index (χ2n) is 7.01. The van der Waals surface area contributed by atoms with Crippen molar-refractivity contribution in [2.24, 2.45) is 0 Å². The number of nitrogens with zero attached hydrogens (tertiary/aromatic N) is 1. The minimum atomic E-state index is -0.572. The quantitative estimate of drug-likeness (QED) is 0.667. The summed E-state index contributed by atoms with van der Waals surface area (Å²) in [7, 11) is 1.61. The van der Waals surface area contributed by atoms with Crippen molar-refractivity contribution in [3.05, 3.63) is 64.1 Å². The van der Waals surface area contributed by atoms with E-state index in [9.17, 15) is 9.59 Å².